The Labute approximate surface area is 64.4 Å². The van der Waals surface area contributed by atoms with Crippen molar-refractivity contribution in [3.8, 4) is 0 Å². The monoisotopic (exact) mass is 177 g/mol. The van der Waals surface area contributed by atoms with Gasteiger partial charge in [0.25, 0.3) is 0 Å². The van der Waals surface area contributed by atoms with Crippen molar-refractivity contribution in [3.63, 3.8) is 0 Å². The second-order valence-corrected chi connectivity index (χ2v) is 1.78. The van der Waals surface area contributed by atoms with Crippen LogP contribution in [0.25, 0.3) is 0 Å². The fourth-order valence-corrected chi connectivity index (χ4v) is 0.498. The summed E-state index contributed by atoms with van der Waals surface area (Å²) in [6.07, 6.45) is -4.62. The molecule has 1 nitrogen and oxygen atoms in total. The maximum Gasteiger partial charge on any atom is 0.241 e. The fraction of sp³-hybridized carbons (Fsp3) is 1.00. The molecule has 0 aliphatic rings. The van der Waals surface area contributed by atoms with Crippen LogP contribution in [0.4, 0.5) is 13.2 Å². The number of rotatable bonds is 4. The Balaban J connectivity index is 0. The zero-order valence-electron chi connectivity index (χ0n) is 5.61. The molecule has 0 aliphatic heterocycles. The van der Waals surface area contributed by atoms with E-state index < -0.39 is 19.0 Å². The van der Waals surface area contributed by atoms with Crippen molar-refractivity contribution in [2.45, 2.75) is 19.0 Å². The summed E-state index contributed by atoms with van der Waals surface area (Å²) in [5, 5.41) is 2.46. The van der Waals surface area contributed by atoms with Gasteiger partial charge in [-0.25, -0.2) is 13.2 Å². The highest BCUT2D eigenvalue weighted by Crippen LogP contribution is 2.05. The zero-order chi connectivity index (χ0) is 7.28. The summed E-state index contributed by atoms with van der Waals surface area (Å²) in [6.45, 7) is 0.00431. The van der Waals surface area contributed by atoms with Crippen LogP contribution in [0.5, 0.6) is 0 Å². The minimum Gasteiger partial charge on any atom is -0.317 e. The molecule has 0 amide bonds. The van der Waals surface area contributed by atoms with Gasteiger partial charge in [0.05, 0.1) is 0 Å². The second-order valence-electron chi connectivity index (χ2n) is 1.78. The van der Waals surface area contributed by atoms with E-state index in [2.05, 4.69) is 5.32 Å². The maximum absolute atomic E-state index is 12.1. The minimum absolute atomic E-state index is 0. The first-order valence-electron chi connectivity index (χ1n) is 2.73. The fourth-order valence-electron chi connectivity index (χ4n) is 0.498. The lowest BCUT2D eigenvalue weighted by Crippen LogP contribution is -2.21. The van der Waals surface area contributed by atoms with Crippen molar-refractivity contribution in [1.29, 1.82) is 0 Å². The Bertz CT molecular complexity index is 71.9. The van der Waals surface area contributed by atoms with Crippen molar-refractivity contribution in [3.05, 3.63) is 0 Å². The van der Waals surface area contributed by atoms with Crippen LogP contribution in [0, 0.1) is 0 Å². The van der Waals surface area contributed by atoms with E-state index in [0.717, 1.165) is 0 Å². The molecule has 10 heavy (non-hydrogen) atoms. The Hall–Kier alpha value is 0.0400. The molecule has 0 heterocycles. The molecule has 0 aliphatic carbocycles. The SMILES string of the molecule is CNCC(F)CC(F)F.Cl. The summed E-state index contributed by atoms with van der Waals surface area (Å²) in [5.41, 5.74) is 0. The molecule has 1 N–H and O–H groups in total. The number of hydrogen-bond donors (Lipinski definition) is 1. The summed E-state index contributed by atoms with van der Waals surface area (Å²) in [5.74, 6) is 0. The van der Waals surface area contributed by atoms with Crippen molar-refractivity contribution in [2.24, 2.45) is 0 Å². The zero-order valence-corrected chi connectivity index (χ0v) is 6.43. The van der Waals surface area contributed by atoms with Gasteiger partial charge in [0.1, 0.15) is 6.17 Å². The van der Waals surface area contributed by atoms with E-state index in [1.807, 2.05) is 0 Å². The van der Waals surface area contributed by atoms with E-state index in [1.165, 1.54) is 7.05 Å². The molecular formula is C5H11ClF3N. The normalized spacial score (nSPS) is 12.9. The first-order valence-corrected chi connectivity index (χ1v) is 2.73. The van der Waals surface area contributed by atoms with Gasteiger partial charge >= 0.3 is 0 Å². The third-order valence-corrected chi connectivity index (χ3v) is 0.860. The van der Waals surface area contributed by atoms with Gasteiger partial charge in [0.2, 0.25) is 6.43 Å². The Morgan fingerprint density at radius 1 is 1.30 bits per heavy atom. The van der Waals surface area contributed by atoms with Gasteiger partial charge in [-0.1, -0.05) is 0 Å². The van der Waals surface area contributed by atoms with E-state index in [9.17, 15) is 13.2 Å². The topological polar surface area (TPSA) is 12.0 Å². The molecule has 0 fully saturated rings. The highest BCUT2D eigenvalue weighted by Gasteiger charge is 2.11. The Kier molecular flexibility index (Phi) is 9.08. The van der Waals surface area contributed by atoms with Crippen LogP contribution in [0.2, 0.25) is 0 Å². The number of halogens is 4. The van der Waals surface area contributed by atoms with Gasteiger partial charge < -0.3 is 5.32 Å². The van der Waals surface area contributed by atoms with Crippen molar-refractivity contribution in [2.75, 3.05) is 13.6 Å². The van der Waals surface area contributed by atoms with E-state index in [1.54, 1.807) is 0 Å². The summed E-state index contributed by atoms with van der Waals surface area (Å²) >= 11 is 0. The molecule has 0 rings (SSSR count). The van der Waals surface area contributed by atoms with Crippen molar-refractivity contribution >= 4 is 12.4 Å². The molecule has 0 radical (unpaired) electrons. The van der Waals surface area contributed by atoms with E-state index in [-0.39, 0.29) is 19.0 Å². The molecule has 0 saturated carbocycles. The predicted molar refractivity (Wildman–Crippen MR) is 36.7 cm³/mol. The van der Waals surface area contributed by atoms with Crippen LogP contribution >= 0.6 is 12.4 Å². The molecule has 0 saturated heterocycles. The lowest BCUT2D eigenvalue weighted by Gasteiger charge is -2.04. The van der Waals surface area contributed by atoms with Crippen LogP contribution in [0.1, 0.15) is 6.42 Å². The van der Waals surface area contributed by atoms with Crippen LogP contribution in [0.15, 0.2) is 0 Å². The molecule has 1 atom stereocenters. The highest BCUT2D eigenvalue weighted by molar-refractivity contribution is 5.85. The summed E-state index contributed by atoms with van der Waals surface area (Å²) < 4.78 is 34.8. The minimum atomic E-state index is -2.53. The molecular weight excluding hydrogens is 167 g/mol. The number of nitrogens with one attached hydrogen (secondary N) is 1. The average Bonchev–Trinajstić information content (AvgIpc) is 1.63. The third-order valence-electron chi connectivity index (χ3n) is 0.860. The first-order chi connectivity index (χ1) is 4.16. The van der Waals surface area contributed by atoms with E-state index in [0.29, 0.717) is 0 Å². The molecule has 0 spiro atoms. The second kappa shape index (κ2) is 7.15. The predicted octanol–water partition coefficient (Wildman–Crippen LogP) is 1.62. The lowest BCUT2D eigenvalue weighted by atomic mass is 10.3. The van der Waals surface area contributed by atoms with Gasteiger partial charge in [-0.05, 0) is 7.05 Å². The van der Waals surface area contributed by atoms with Crippen LogP contribution in [-0.2, 0) is 0 Å². The maximum atomic E-state index is 12.1. The molecule has 0 aromatic heterocycles. The highest BCUT2D eigenvalue weighted by atomic mass is 35.5. The summed E-state index contributed by atoms with van der Waals surface area (Å²) in [7, 11) is 1.53. The molecule has 0 aromatic rings. The molecule has 5 heteroatoms. The molecule has 0 bridgehead atoms. The standard InChI is InChI=1S/C5H10F3N.ClH/c1-9-3-4(6)2-5(7)8;/h4-5,9H,2-3H2,1H3;1H. The molecule has 1 unspecified atom stereocenters. The van der Waals surface area contributed by atoms with Gasteiger partial charge in [-0.2, -0.15) is 0 Å². The van der Waals surface area contributed by atoms with Crippen molar-refractivity contribution < 1.29 is 13.2 Å². The van der Waals surface area contributed by atoms with Crippen molar-refractivity contribution in [1.82, 2.24) is 5.32 Å². The Morgan fingerprint density at radius 3 is 2.10 bits per heavy atom. The average molecular weight is 178 g/mol. The van der Waals surface area contributed by atoms with Crippen LogP contribution in [-0.4, -0.2) is 26.2 Å². The summed E-state index contributed by atoms with van der Waals surface area (Å²) in [6, 6.07) is 0. The van der Waals surface area contributed by atoms with Gasteiger partial charge in [-0.15, -0.1) is 12.4 Å². The van der Waals surface area contributed by atoms with E-state index >= 15 is 0 Å². The Morgan fingerprint density at radius 2 is 1.80 bits per heavy atom. The number of hydrogen-bond acceptors (Lipinski definition) is 1. The molecule has 0 aromatic carbocycles. The molecule has 64 valence electrons. The number of alkyl halides is 3. The van der Waals surface area contributed by atoms with Gasteiger partial charge in [-0.3, -0.25) is 0 Å². The van der Waals surface area contributed by atoms with Crippen LogP contribution in [0.3, 0.4) is 0 Å². The third kappa shape index (κ3) is 8.04. The smallest absolute Gasteiger partial charge is 0.241 e. The lowest BCUT2D eigenvalue weighted by molar-refractivity contribution is 0.101. The van der Waals surface area contributed by atoms with Gasteiger partial charge in [0, 0.05) is 13.0 Å². The quantitative estimate of drug-likeness (QED) is 0.688. The summed E-state index contributed by atoms with van der Waals surface area (Å²) in [4.78, 5) is 0. The van der Waals surface area contributed by atoms with E-state index in [4.69, 9.17) is 0 Å². The first kappa shape index (κ1) is 12.7. The largest absolute Gasteiger partial charge is 0.317 e. The van der Waals surface area contributed by atoms with Crippen LogP contribution < -0.4 is 5.32 Å². The van der Waals surface area contributed by atoms with Gasteiger partial charge in [0.15, 0.2) is 0 Å².